The summed E-state index contributed by atoms with van der Waals surface area (Å²) in [7, 11) is 1.48. The number of benzene rings is 1. The van der Waals surface area contributed by atoms with E-state index in [0.29, 0.717) is 5.69 Å². The van der Waals surface area contributed by atoms with Gasteiger partial charge in [0.05, 0.1) is 0 Å². The number of fused-ring (bicyclic) bond motifs is 1. The summed E-state index contributed by atoms with van der Waals surface area (Å²) in [5.74, 6) is -1.54. The molecular formula is C14H15BrN2O4. The maximum Gasteiger partial charge on any atom is 0.326 e. The van der Waals surface area contributed by atoms with Crippen molar-refractivity contribution in [3.8, 4) is 0 Å². The van der Waals surface area contributed by atoms with E-state index in [9.17, 15) is 9.59 Å². The molecule has 3 N–H and O–H groups in total. The predicted octanol–water partition coefficient (Wildman–Crippen LogP) is 2.15. The van der Waals surface area contributed by atoms with Gasteiger partial charge in [0.15, 0.2) is 0 Å². The Morgan fingerprint density at radius 1 is 1.43 bits per heavy atom. The number of aromatic nitrogens is 1. The van der Waals surface area contributed by atoms with Crippen LogP contribution in [0.25, 0.3) is 10.9 Å². The summed E-state index contributed by atoms with van der Waals surface area (Å²) in [6.07, 6.45) is 0.212. The molecule has 6 nitrogen and oxygen atoms in total. The maximum atomic E-state index is 12.1. The summed E-state index contributed by atoms with van der Waals surface area (Å²) >= 11 is 3.35. The predicted molar refractivity (Wildman–Crippen MR) is 81.4 cm³/mol. The second-order valence-corrected chi connectivity index (χ2v) is 5.48. The normalized spacial score (nSPS) is 12.3. The molecule has 7 heteroatoms. The zero-order chi connectivity index (χ0) is 15.4. The minimum absolute atomic E-state index is 0.212. The molecule has 0 spiro atoms. The fourth-order valence-corrected chi connectivity index (χ4v) is 2.31. The van der Waals surface area contributed by atoms with Gasteiger partial charge in [-0.2, -0.15) is 0 Å². The summed E-state index contributed by atoms with van der Waals surface area (Å²) in [5, 5.41) is 12.4. The first-order valence-corrected chi connectivity index (χ1v) is 7.11. The number of halogens is 1. The first kappa shape index (κ1) is 15.5. The summed E-state index contributed by atoms with van der Waals surface area (Å²) in [6, 6.07) is 6.30. The third kappa shape index (κ3) is 3.83. The average Bonchev–Trinajstić information content (AvgIpc) is 2.85. The number of carboxylic acid groups (broad SMARTS) is 1. The molecule has 1 unspecified atom stereocenters. The standard InChI is InChI=1S/C14H15BrN2O4/c1-21-5-4-10(14(19)20)17-13(18)12-6-8-2-3-9(15)7-11(8)16-12/h2-3,6-7,10,16H,4-5H2,1H3,(H,17,18)(H,19,20). The van der Waals surface area contributed by atoms with E-state index < -0.39 is 17.9 Å². The van der Waals surface area contributed by atoms with E-state index in [1.54, 1.807) is 6.07 Å². The van der Waals surface area contributed by atoms with Gasteiger partial charge in [0.1, 0.15) is 11.7 Å². The van der Waals surface area contributed by atoms with E-state index >= 15 is 0 Å². The highest BCUT2D eigenvalue weighted by atomic mass is 79.9. The first-order chi connectivity index (χ1) is 10.0. The van der Waals surface area contributed by atoms with Crippen molar-refractivity contribution in [3.63, 3.8) is 0 Å². The van der Waals surface area contributed by atoms with E-state index in [4.69, 9.17) is 9.84 Å². The van der Waals surface area contributed by atoms with Crippen molar-refractivity contribution in [2.75, 3.05) is 13.7 Å². The average molecular weight is 355 g/mol. The van der Waals surface area contributed by atoms with Crippen LogP contribution in [0.15, 0.2) is 28.7 Å². The molecule has 112 valence electrons. The first-order valence-electron chi connectivity index (χ1n) is 6.32. The van der Waals surface area contributed by atoms with E-state index in [1.165, 1.54) is 7.11 Å². The molecule has 0 saturated carbocycles. The summed E-state index contributed by atoms with van der Waals surface area (Å²) < 4.78 is 5.74. The zero-order valence-electron chi connectivity index (χ0n) is 11.4. The molecule has 21 heavy (non-hydrogen) atoms. The van der Waals surface area contributed by atoms with Crippen molar-refractivity contribution < 1.29 is 19.4 Å². The van der Waals surface area contributed by atoms with Crippen LogP contribution in [-0.4, -0.2) is 41.7 Å². The number of amides is 1. The zero-order valence-corrected chi connectivity index (χ0v) is 12.9. The Labute approximate surface area is 129 Å². The number of aromatic amines is 1. The van der Waals surface area contributed by atoms with Gasteiger partial charge in [-0.05, 0) is 18.2 Å². The van der Waals surface area contributed by atoms with E-state index in [-0.39, 0.29) is 13.0 Å². The lowest BCUT2D eigenvalue weighted by Crippen LogP contribution is -2.41. The van der Waals surface area contributed by atoms with Gasteiger partial charge in [-0.1, -0.05) is 22.0 Å². The minimum atomic E-state index is -1.08. The number of H-pyrrole nitrogens is 1. The van der Waals surface area contributed by atoms with Crippen LogP contribution in [0.2, 0.25) is 0 Å². The molecule has 0 fully saturated rings. The highest BCUT2D eigenvalue weighted by Crippen LogP contribution is 2.20. The fraction of sp³-hybridized carbons (Fsp3) is 0.286. The van der Waals surface area contributed by atoms with Crippen molar-refractivity contribution in [2.45, 2.75) is 12.5 Å². The van der Waals surface area contributed by atoms with Gasteiger partial charge in [-0.3, -0.25) is 4.79 Å². The smallest absolute Gasteiger partial charge is 0.326 e. The van der Waals surface area contributed by atoms with Crippen LogP contribution in [0.5, 0.6) is 0 Å². The minimum Gasteiger partial charge on any atom is -0.480 e. The fourth-order valence-electron chi connectivity index (χ4n) is 1.95. The number of rotatable bonds is 6. The van der Waals surface area contributed by atoms with Gasteiger partial charge < -0.3 is 20.1 Å². The molecule has 1 aromatic carbocycles. The topological polar surface area (TPSA) is 91.4 Å². The number of hydrogen-bond donors (Lipinski definition) is 3. The van der Waals surface area contributed by atoms with E-state index in [0.717, 1.165) is 15.4 Å². The monoisotopic (exact) mass is 354 g/mol. The summed E-state index contributed by atoms with van der Waals surface area (Å²) in [4.78, 5) is 26.2. The molecule has 1 amide bonds. The van der Waals surface area contributed by atoms with Crippen LogP contribution < -0.4 is 5.32 Å². The Morgan fingerprint density at radius 2 is 2.19 bits per heavy atom. The van der Waals surface area contributed by atoms with Gasteiger partial charge in [0, 0.05) is 35.5 Å². The second-order valence-electron chi connectivity index (χ2n) is 4.56. The third-order valence-corrected chi connectivity index (χ3v) is 3.54. The molecule has 0 aliphatic heterocycles. The van der Waals surface area contributed by atoms with Crippen molar-refractivity contribution in [2.24, 2.45) is 0 Å². The van der Waals surface area contributed by atoms with Gasteiger partial charge in [-0.25, -0.2) is 4.79 Å². The lowest BCUT2D eigenvalue weighted by atomic mass is 10.2. The quantitative estimate of drug-likeness (QED) is 0.741. The number of methoxy groups -OCH3 is 1. The number of nitrogens with one attached hydrogen (secondary N) is 2. The van der Waals surface area contributed by atoms with Crippen molar-refractivity contribution in [1.29, 1.82) is 0 Å². The van der Waals surface area contributed by atoms with Crippen molar-refractivity contribution in [1.82, 2.24) is 10.3 Å². The van der Waals surface area contributed by atoms with E-state index in [1.807, 2.05) is 18.2 Å². The van der Waals surface area contributed by atoms with Crippen molar-refractivity contribution >= 4 is 38.7 Å². The number of carbonyl (C=O) groups is 2. The van der Waals surface area contributed by atoms with E-state index in [2.05, 4.69) is 26.2 Å². The Bertz CT molecular complexity index is 668. The molecule has 1 aromatic heterocycles. The molecule has 0 aliphatic rings. The third-order valence-electron chi connectivity index (χ3n) is 3.04. The van der Waals surface area contributed by atoms with Crippen LogP contribution in [0.4, 0.5) is 0 Å². The van der Waals surface area contributed by atoms with Gasteiger partial charge in [0.25, 0.3) is 5.91 Å². The molecule has 0 saturated heterocycles. The highest BCUT2D eigenvalue weighted by Gasteiger charge is 2.21. The van der Waals surface area contributed by atoms with Crippen LogP contribution in [0.1, 0.15) is 16.9 Å². The van der Waals surface area contributed by atoms with Crippen LogP contribution in [0.3, 0.4) is 0 Å². The molecule has 0 aliphatic carbocycles. The number of ether oxygens (including phenoxy) is 1. The van der Waals surface area contributed by atoms with Gasteiger partial charge >= 0.3 is 5.97 Å². The summed E-state index contributed by atoms with van der Waals surface area (Å²) in [5.41, 5.74) is 1.13. The largest absolute Gasteiger partial charge is 0.480 e. The van der Waals surface area contributed by atoms with Gasteiger partial charge in [0.2, 0.25) is 0 Å². The number of hydrogen-bond acceptors (Lipinski definition) is 3. The number of carboxylic acids is 1. The molecule has 0 bridgehead atoms. The maximum absolute atomic E-state index is 12.1. The molecule has 1 atom stereocenters. The number of aliphatic carboxylic acids is 1. The Morgan fingerprint density at radius 3 is 2.86 bits per heavy atom. The number of carbonyl (C=O) groups excluding carboxylic acids is 1. The van der Waals surface area contributed by atoms with Crippen LogP contribution in [0, 0.1) is 0 Å². The second kappa shape index (κ2) is 6.73. The molecule has 2 rings (SSSR count). The Hall–Kier alpha value is -1.86. The summed E-state index contributed by atoms with van der Waals surface area (Å²) in [6.45, 7) is 0.261. The molecule has 0 radical (unpaired) electrons. The molecular weight excluding hydrogens is 340 g/mol. The molecule has 1 heterocycles. The van der Waals surface area contributed by atoms with Crippen LogP contribution in [-0.2, 0) is 9.53 Å². The lowest BCUT2D eigenvalue weighted by Gasteiger charge is -2.13. The van der Waals surface area contributed by atoms with Crippen LogP contribution >= 0.6 is 15.9 Å². The molecule has 2 aromatic rings. The SMILES string of the molecule is COCCC(NC(=O)c1cc2ccc(Br)cc2[nH]1)C(=O)O. The lowest BCUT2D eigenvalue weighted by molar-refractivity contribution is -0.139. The van der Waals surface area contributed by atoms with Crippen molar-refractivity contribution in [3.05, 3.63) is 34.4 Å². The van der Waals surface area contributed by atoms with Gasteiger partial charge in [-0.15, -0.1) is 0 Å². The Kier molecular flexibility index (Phi) is 4.98. The highest BCUT2D eigenvalue weighted by molar-refractivity contribution is 9.10. The Balaban J connectivity index is 2.15.